The minimum atomic E-state index is 0.252. The van der Waals surface area contributed by atoms with Gasteiger partial charge >= 0.3 is 0 Å². The molecule has 0 aliphatic carbocycles. The molecular formula is C20H20N4O. The van der Waals surface area contributed by atoms with Crippen LogP contribution in [0, 0.1) is 0 Å². The van der Waals surface area contributed by atoms with Gasteiger partial charge in [0.15, 0.2) is 0 Å². The Hall–Kier alpha value is -2.82. The molecule has 1 saturated heterocycles. The van der Waals surface area contributed by atoms with Gasteiger partial charge in [0, 0.05) is 31.7 Å². The molecule has 126 valence electrons. The molecule has 5 rings (SSSR count). The molecule has 3 aromatic rings. The number of benzene rings is 2. The van der Waals surface area contributed by atoms with Crippen LogP contribution < -0.4 is 9.80 Å². The number of hydrogen-bond acceptors (Lipinski definition) is 3. The zero-order valence-corrected chi connectivity index (χ0v) is 14.0. The van der Waals surface area contributed by atoms with Crippen molar-refractivity contribution in [2.24, 2.45) is 0 Å². The molecule has 0 radical (unpaired) electrons. The number of rotatable bonds is 2. The molecule has 0 spiro atoms. The Morgan fingerprint density at radius 1 is 1.04 bits per heavy atom. The predicted molar refractivity (Wildman–Crippen MR) is 98.6 cm³/mol. The fourth-order valence-electron chi connectivity index (χ4n) is 4.00. The number of H-pyrrole nitrogens is 1. The molecule has 0 unspecified atom stereocenters. The van der Waals surface area contributed by atoms with Gasteiger partial charge < -0.3 is 14.8 Å². The Morgan fingerprint density at radius 2 is 1.96 bits per heavy atom. The first-order valence-electron chi connectivity index (χ1n) is 8.89. The molecule has 0 atom stereocenters. The molecule has 0 saturated carbocycles. The number of para-hydroxylation sites is 1. The number of hydrogen-bond donors (Lipinski definition) is 1. The summed E-state index contributed by atoms with van der Waals surface area (Å²) in [5.74, 6) is 0.252. The smallest absolute Gasteiger partial charge is 0.226 e. The summed E-state index contributed by atoms with van der Waals surface area (Å²) in [7, 11) is 0. The normalized spacial score (nSPS) is 17.4. The number of carbonyl (C=O) groups excluding carboxylic acids is 1. The molecule has 25 heavy (non-hydrogen) atoms. The van der Waals surface area contributed by atoms with E-state index in [0.717, 1.165) is 54.9 Å². The lowest BCUT2D eigenvalue weighted by molar-refractivity contribution is -0.119. The quantitative estimate of drug-likeness (QED) is 0.780. The number of fused-ring (bicyclic) bond motifs is 2. The van der Waals surface area contributed by atoms with Gasteiger partial charge in [-0.1, -0.05) is 12.1 Å². The second-order valence-corrected chi connectivity index (χ2v) is 6.89. The first-order chi connectivity index (χ1) is 12.3. The van der Waals surface area contributed by atoms with Crippen molar-refractivity contribution in [3.8, 4) is 0 Å². The van der Waals surface area contributed by atoms with Gasteiger partial charge in [0.25, 0.3) is 0 Å². The monoisotopic (exact) mass is 332 g/mol. The van der Waals surface area contributed by atoms with E-state index in [4.69, 9.17) is 0 Å². The summed E-state index contributed by atoms with van der Waals surface area (Å²) in [6.45, 7) is 2.58. The van der Waals surface area contributed by atoms with Gasteiger partial charge in [-0.05, 0) is 48.2 Å². The van der Waals surface area contributed by atoms with Crippen molar-refractivity contribution in [1.29, 1.82) is 0 Å². The van der Waals surface area contributed by atoms with Gasteiger partial charge in [-0.3, -0.25) is 4.79 Å². The van der Waals surface area contributed by atoms with Crippen LogP contribution in [0.2, 0.25) is 0 Å². The number of nitrogens with zero attached hydrogens (tertiary/aromatic N) is 3. The molecule has 5 nitrogen and oxygen atoms in total. The van der Waals surface area contributed by atoms with Gasteiger partial charge in [0.1, 0.15) is 5.52 Å². The Morgan fingerprint density at radius 3 is 2.88 bits per heavy atom. The van der Waals surface area contributed by atoms with Crippen LogP contribution in [-0.2, 0) is 17.9 Å². The lowest BCUT2D eigenvalue weighted by Crippen LogP contribution is -2.35. The molecule has 2 aliphatic heterocycles. The maximum Gasteiger partial charge on any atom is 0.226 e. The highest BCUT2D eigenvalue weighted by atomic mass is 16.2. The van der Waals surface area contributed by atoms with Crippen molar-refractivity contribution in [1.82, 2.24) is 9.97 Å². The summed E-state index contributed by atoms with van der Waals surface area (Å²) in [5, 5.41) is 0. The summed E-state index contributed by atoms with van der Waals surface area (Å²) in [4.78, 5) is 24.2. The summed E-state index contributed by atoms with van der Waals surface area (Å²) >= 11 is 0. The summed E-state index contributed by atoms with van der Waals surface area (Å²) in [6, 6.07) is 12.7. The van der Waals surface area contributed by atoms with Crippen molar-refractivity contribution in [3.05, 3.63) is 53.9 Å². The van der Waals surface area contributed by atoms with Gasteiger partial charge in [-0.25, -0.2) is 4.98 Å². The van der Waals surface area contributed by atoms with Crippen LogP contribution >= 0.6 is 0 Å². The first-order valence-corrected chi connectivity index (χ1v) is 8.89. The summed E-state index contributed by atoms with van der Waals surface area (Å²) in [6.07, 6.45) is 4.53. The number of aromatic nitrogens is 2. The standard InChI is InChI=1S/C20H20N4O/c25-19-6-1-2-9-24(19)16-8-7-14-11-23(12-15(14)10-16)18-5-3-4-17-20(18)22-13-21-17/h3-5,7-8,10,13H,1-2,6,9,11-12H2,(H,21,22). The Labute approximate surface area is 146 Å². The van der Waals surface area contributed by atoms with Gasteiger partial charge in [0.05, 0.1) is 17.5 Å². The van der Waals surface area contributed by atoms with Crippen molar-refractivity contribution in [2.75, 3.05) is 16.3 Å². The minimum Gasteiger partial charge on any atom is -0.361 e. The molecule has 5 heteroatoms. The van der Waals surface area contributed by atoms with E-state index in [2.05, 4.69) is 51.3 Å². The second-order valence-electron chi connectivity index (χ2n) is 6.89. The number of carbonyl (C=O) groups is 1. The van der Waals surface area contributed by atoms with Gasteiger partial charge in [-0.2, -0.15) is 0 Å². The fraction of sp³-hybridized carbons (Fsp3) is 0.300. The van der Waals surface area contributed by atoms with Crippen LogP contribution in [0.15, 0.2) is 42.7 Å². The molecule has 0 bridgehead atoms. The Bertz CT molecular complexity index is 961. The van der Waals surface area contributed by atoms with Crippen molar-refractivity contribution >= 4 is 28.3 Å². The third-order valence-corrected chi connectivity index (χ3v) is 5.32. The molecule has 1 N–H and O–H groups in total. The average Bonchev–Trinajstić information content (AvgIpc) is 3.27. The largest absolute Gasteiger partial charge is 0.361 e. The van der Waals surface area contributed by atoms with E-state index in [1.54, 1.807) is 6.33 Å². The van der Waals surface area contributed by atoms with Crippen LogP contribution in [0.1, 0.15) is 30.4 Å². The molecular weight excluding hydrogens is 312 g/mol. The van der Waals surface area contributed by atoms with Crippen LogP contribution in [0.4, 0.5) is 11.4 Å². The van der Waals surface area contributed by atoms with Crippen LogP contribution in [0.3, 0.4) is 0 Å². The Kier molecular flexibility index (Phi) is 3.26. The molecule has 2 aliphatic rings. The zero-order valence-electron chi connectivity index (χ0n) is 14.0. The second kappa shape index (κ2) is 5.62. The van der Waals surface area contributed by atoms with Crippen molar-refractivity contribution < 1.29 is 4.79 Å². The van der Waals surface area contributed by atoms with E-state index in [1.807, 2.05) is 4.90 Å². The summed E-state index contributed by atoms with van der Waals surface area (Å²) in [5.41, 5.74) is 6.92. The SMILES string of the molecule is O=C1CCCCN1c1ccc2c(c1)CN(c1cccc3[nH]cnc13)C2. The highest BCUT2D eigenvalue weighted by Gasteiger charge is 2.24. The lowest BCUT2D eigenvalue weighted by Gasteiger charge is -2.27. The third-order valence-electron chi connectivity index (χ3n) is 5.32. The first kappa shape index (κ1) is 14.5. The topological polar surface area (TPSA) is 52.2 Å². The average molecular weight is 332 g/mol. The number of aromatic amines is 1. The molecule has 1 fully saturated rings. The zero-order chi connectivity index (χ0) is 16.8. The van der Waals surface area contributed by atoms with Gasteiger partial charge in [0.2, 0.25) is 5.91 Å². The van der Waals surface area contributed by atoms with E-state index in [9.17, 15) is 4.79 Å². The maximum atomic E-state index is 12.2. The van der Waals surface area contributed by atoms with Crippen molar-refractivity contribution in [3.63, 3.8) is 0 Å². The van der Waals surface area contributed by atoms with E-state index in [1.165, 1.54) is 11.1 Å². The molecule has 1 amide bonds. The van der Waals surface area contributed by atoms with E-state index >= 15 is 0 Å². The number of anilines is 2. The molecule has 1 aromatic heterocycles. The number of imidazole rings is 1. The third kappa shape index (κ3) is 2.38. The molecule has 3 heterocycles. The highest BCUT2D eigenvalue weighted by Crippen LogP contribution is 2.34. The molecule has 2 aromatic carbocycles. The maximum absolute atomic E-state index is 12.2. The van der Waals surface area contributed by atoms with Crippen LogP contribution in [0.5, 0.6) is 0 Å². The number of nitrogens with one attached hydrogen (secondary N) is 1. The van der Waals surface area contributed by atoms with Crippen molar-refractivity contribution in [2.45, 2.75) is 32.4 Å². The van der Waals surface area contributed by atoms with E-state index < -0.39 is 0 Å². The lowest BCUT2D eigenvalue weighted by atomic mass is 10.1. The van der Waals surface area contributed by atoms with E-state index in [0.29, 0.717) is 6.42 Å². The van der Waals surface area contributed by atoms with E-state index in [-0.39, 0.29) is 5.91 Å². The van der Waals surface area contributed by atoms with Crippen LogP contribution in [-0.4, -0.2) is 22.4 Å². The van der Waals surface area contributed by atoms with Gasteiger partial charge in [-0.15, -0.1) is 0 Å². The van der Waals surface area contributed by atoms with Crippen LogP contribution in [0.25, 0.3) is 11.0 Å². The summed E-state index contributed by atoms with van der Waals surface area (Å²) < 4.78 is 0. The Balaban J connectivity index is 1.46. The fourth-order valence-corrected chi connectivity index (χ4v) is 4.00. The number of amides is 1. The predicted octanol–water partition coefficient (Wildman–Crippen LogP) is 3.60. The number of piperidine rings is 1. The minimum absolute atomic E-state index is 0.252. The highest BCUT2D eigenvalue weighted by molar-refractivity contribution is 5.94.